The fourth-order valence-corrected chi connectivity index (χ4v) is 6.39. The highest BCUT2D eigenvalue weighted by Gasteiger charge is 2.35. The molecule has 0 aliphatic heterocycles. The standard InChI is InChI=1S/C31H37Cl2N3O4S/c1-7-27(30(38)34-31(4,5)6)35(19-23-15-16-24(32)18-26(23)33)29(37)20-36(28-17-21(2)13-14-22(28)3)41(39,40)25-11-9-8-10-12-25/h8-18,27H,7,19-20H2,1-6H3,(H,34,38). The Kier molecular flexibility index (Phi) is 10.5. The molecule has 0 aliphatic carbocycles. The van der Waals surface area contributed by atoms with E-state index in [0.29, 0.717) is 33.3 Å². The second-order valence-electron chi connectivity index (χ2n) is 11.0. The van der Waals surface area contributed by atoms with E-state index in [9.17, 15) is 18.0 Å². The van der Waals surface area contributed by atoms with Gasteiger partial charge in [-0.1, -0.05) is 66.5 Å². The van der Waals surface area contributed by atoms with Crippen molar-refractivity contribution >= 4 is 50.7 Å². The first-order valence-corrected chi connectivity index (χ1v) is 15.5. The van der Waals surface area contributed by atoms with Gasteiger partial charge in [0.15, 0.2) is 0 Å². The number of hydrogen-bond acceptors (Lipinski definition) is 4. The number of nitrogens with one attached hydrogen (secondary N) is 1. The van der Waals surface area contributed by atoms with Gasteiger partial charge in [-0.15, -0.1) is 0 Å². The van der Waals surface area contributed by atoms with Crippen molar-refractivity contribution in [2.24, 2.45) is 0 Å². The maximum atomic E-state index is 14.2. The lowest BCUT2D eigenvalue weighted by atomic mass is 10.1. The van der Waals surface area contributed by atoms with Crippen LogP contribution in [0.1, 0.15) is 50.8 Å². The summed E-state index contributed by atoms with van der Waals surface area (Å²) < 4.78 is 29.1. The number of amides is 2. The normalized spacial score (nSPS) is 12.5. The molecule has 3 aromatic carbocycles. The number of rotatable bonds is 10. The topological polar surface area (TPSA) is 86.8 Å². The molecule has 0 bridgehead atoms. The lowest BCUT2D eigenvalue weighted by molar-refractivity contribution is -0.141. The number of hydrogen-bond donors (Lipinski definition) is 1. The van der Waals surface area contributed by atoms with Crippen LogP contribution >= 0.6 is 23.2 Å². The number of anilines is 1. The van der Waals surface area contributed by atoms with Crippen LogP contribution in [0.4, 0.5) is 5.69 Å². The van der Waals surface area contributed by atoms with Gasteiger partial charge >= 0.3 is 0 Å². The van der Waals surface area contributed by atoms with Crippen LogP contribution in [0.3, 0.4) is 0 Å². The van der Waals surface area contributed by atoms with Gasteiger partial charge in [0.1, 0.15) is 12.6 Å². The van der Waals surface area contributed by atoms with Gasteiger partial charge in [0.05, 0.1) is 10.6 Å². The Balaban J connectivity index is 2.13. The van der Waals surface area contributed by atoms with E-state index in [2.05, 4.69) is 5.32 Å². The summed E-state index contributed by atoms with van der Waals surface area (Å²) in [4.78, 5) is 29.1. The van der Waals surface area contributed by atoms with E-state index < -0.39 is 34.1 Å². The molecule has 7 nitrogen and oxygen atoms in total. The third kappa shape index (κ3) is 8.24. The van der Waals surface area contributed by atoms with Crippen LogP contribution in [0.15, 0.2) is 71.6 Å². The number of halogens is 2. The van der Waals surface area contributed by atoms with Crippen LogP contribution < -0.4 is 9.62 Å². The number of carbonyl (C=O) groups is 2. The summed E-state index contributed by atoms with van der Waals surface area (Å²) in [6.07, 6.45) is 0.299. The Morgan fingerprint density at radius 1 is 0.951 bits per heavy atom. The van der Waals surface area contributed by atoms with Crippen molar-refractivity contribution in [1.82, 2.24) is 10.2 Å². The molecule has 0 saturated carbocycles. The monoisotopic (exact) mass is 617 g/mol. The summed E-state index contributed by atoms with van der Waals surface area (Å²) in [5, 5.41) is 3.73. The molecule has 0 aliphatic rings. The van der Waals surface area contributed by atoms with Gasteiger partial charge in [-0.2, -0.15) is 0 Å². The van der Waals surface area contributed by atoms with Gasteiger partial charge in [-0.05, 0) is 88.1 Å². The predicted octanol–water partition coefficient (Wildman–Crippen LogP) is 6.53. The summed E-state index contributed by atoms with van der Waals surface area (Å²) >= 11 is 12.6. The number of nitrogens with zero attached hydrogens (tertiary/aromatic N) is 2. The Labute approximate surface area is 253 Å². The zero-order valence-electron chi connectivity index (χ0n) is 24.2. The molecule has 0 fully saturated rings. The lowest BCUT2D eigenvalue weighted by Gasteiger charge is -2.35. The Morgan fingerprint density at radius 3 is 2.20 bits per heavy atom. The molecule has 1 N–H and O–H groups in total. The molecule has 1 atom stereocenters. The zero-order valence-corrected chi connectivity index (χ0v) is 26.6. The van der Waals surface area contributed by atoms with Crippen molar-refractivity contribution in [2.75, 3.05) is 10.8 Å². The minimum Gasteiger partial charge on any atom is -0.350 e. The van der Waals surface area contributed by atoms with E-state index >= 15 is 0 Å². The largest absolute Gasteiger partial charge is 0.350 e. The molecule has 0 heterocycles. The van der Waals surface area contributed by atoms with Crippen LogP contribution in [0, 0.1) is 13.8 Å². The van der Waals surface area contributed by atoms with E-state index in [1.54, 1.807) is 56.3 Å². The molecule has 41 heavy (non-hydrogen) atoms. The molecule has 220 valence electrons. The van der Waals surface area contributed by atoms with Crippen molar-refractivity contribution in [3.8, 4) is 0 Å². The first-order valence-electron chi connectivity index (χ1n) is 13.3. The van der Waals surface area contributed by atoms with Crippen LogP contribution in [-0.2, 0) is 26.2 Å². The SMILES string of the molecule is CCC(C(=O)NC(C)(C)C)N(Cc1ccc(Cl)cc1Cl)C(=O)CN(c1cc(C)ccc1C)S(=O)(=O)c1ccccc1. The number of aryl methyl sites for hydroxylation is 2. The lowest BCUT2D eigenvalue weighted by Crippen LogP contribution is -2.55. The van der Waals surface area contributed by atoms with E-state index in [1.165, 1.54) is 17.0 Å². The van der Waals surface area contributed by atoms with Crippen LogP contribution in [0.2, 0.25) is 10.0 Å². The first-order chi connectivity index (χ1) is 19.1. The highest BCUT2D eigenvalue weighted by atomic mass is 35.5. The van der Waals surface area contributed by atoms with E-state index in [1.807, 2.05) is 39.8 Å². The van der Waals surface area contributed by atoms with Gasteiger partial charge < -0.3 is 10.2 Å². The highest BCUT2D eigenvalue weighted by Crippen LogP contribution is 2.29. The molecular weight excluding hydrogens is 581 g/mol. The van der Waals surface area contributed by atoms with Crippen LogP contribution in [-0.4, -0.2) is 43.3 Å². The van der Waals surface area contributed by atoms with E-state index in [4.69, 9.17) is 23.2 Å². The quantitative estimate of drug-likeness (QED) is 0.280. The average Bonchev–Trinajstić information content (AvgIpc) is 2.89. The number of carbonyl (C=O) groups excluding carboxylic acids is 2. The summed E-state index contributed by atoms with van der Waals surface area (Å²) in [6.45, 7) is 10.5. The van der Waals surface area contributed by atoms with E-state index in [0.717, 1.165) is 9.87 Å². The molecule has 0 spiro atoms. The Bertz CT molecular complexity index is 1510. The average molecular weight is 619 g/mol. The summed E-state index contributed by atoms with van der Waals surface area (Å²) in [7, 11) is -4.15. The molecular formula is C31H37Cl2N3O4S. The number of sulfonamides is 1. The van der Waals surface area contributed by atoms with Crippen molar-refractivity contribution in [3.05, 3.63) is 93.5 Å². The molecule has 0 saturated heterocycles. The predicted molar refractivity (Wildman–Crippen MR) is 166 cm³/mol. The summed E-state index contributed by atoms with van der Waals surface area (Å²) in [5.41, 5.74) is 1.95. The van der Waals surface area contributed by atoms with Gasteiger partial charge in [0.2, 0.25) is 11.8 Å². The smallest absolute Gasteiger partial charge is 0.264 e. The first kappa shape index (κ1) is 32.4. The molecule has 3 aromatic rings. The molecule has 10 heteroatoms. The molecule has 1 unspecified atom stereocenters. The highest BCUT2D eigenvalue weighted by molar-refractivity contribution is 7.92. The Hall–Kier alpha value is -3.07. The van der Waals surface area contributed by atoms with Crippen molar-refractivity contribution in [1.29, 1.82) is 0 Å². The van der Waals surface area contributed by atoms with Crippen LogP contribution in [0.5, 0.6) is 0 Å². The van der Waals surface area contributed by atoms with Crippen molar-refractivity contribution in [3.63, 3.8) is 0 Å². The van der Waals surface area contributed by atoms with Crippen molar-refractivity contribution < 1.29 is 18.0 Å². The van der Waals surface area contributed by atoms with Gasteiger partial charge in [-0.3, -0.25) is 13.9 Å². The molecule has 2 amide bonds. The third-order valence-electron chi connectivity index (χ3n) is 6.48. The molecule has 0 aromatic heterocycles. The summed E-state index contributed by atoms with van der Waals surface area (Å²) in [6, 6.07) is 17.5. The van der Waals surface area contributed by atoms with Gasteiger partial charge in [-0.25, -0.2) is 8.42 Å². The third-order valence-corrected chi connectivity index (χ3v) is 8.84. The minimum atomic E-state index is -4.15. The fraction of sp³-hybridized carbons (Fsp3) is 0.355. The summed E-state index contributed by atoms with van der Waals surface area (Å²) in [5.74, 6) is -0.894. The van der Waals surface area contributed by atoms with Gasteiger partial charge in [0.25, 0.3) is 10.0 Å². The maximum Gasteiger partial charge on any atom is 0.264 e. The second kappa shape index (κ2) is 13.3. The second-order valence-corrected chi connectivity index (χ2v) is 13.7. The van der Waals surface area contributed by atoms with Gasteiger partial charge in [0, 0.05) is 22.1 Å². The van der Waals surface area contributed by atoms with E-state index in [-0.39, 0.29) is 17.3 Å². The van der Waals surface area contributed by atoms with Crippen LogP contribution in [0.25, 0.3) is 0 Å². The molecule has 3 rings (SSSR count). The maximum absolute atomic E-state index is 14.2. The minimum absolute atomic E-state index is 0.0169. The van der Waals surface area contributed by atoms with Crippen molar-refractivity contribution in [2.45, 2.75) is 71.0 Å². The Morgan fingerprint density at radius 2 is 1.61 bits per heavy atom. The fourth-order valence-electron chi connectivity index (χ4n) is 4.43. The molecule has 0 radical (unpaired) electrons. The number of benzene rings is 3. The zero-order chi connectivity index (χ0) is 30.5.